The molecule has 0 aliphatic rings. The summed E-state index contributed by atoms with van der Waals surface area (Å²) in [7, 11) is -5.27. The molecular formula is C9H17O12P. The van der Waals surface area contributed by atoms with E-state index >= 15 is 0 Å². The van der Waals surface area contributed by atoms with Crippen molar-refractivity contribution >= 4 is 19.6 Å². The fourth-order valence-electron chi connectivity index (χ4n) is 1.42. The summed E-state index contributed by atoms with van der Waals surface area (Å²) in [5, 5.41) is 54.7. The lowest BCUT2D eigenvalue weighted by molar-refractivity contribution is -0.155. The summed E-state index contributed by atoms with van der Waals surface area (Å²) < 4.78 is 14.8. The Morgan fingerprint density at radius 3 is 1.86 bits per heavy atom. The van der Waals surface area contributed by atoms with E-state index in [1.807, 2.05) is 0 Å². The summed E-state index contributed by atoms with van der Waals surface area (Å²) in [4.78, 5) is 38.8. The van der Waals surface area contributed by atoms with Crippen molar-refractivity contribution in [2.45, 2.75) is 36.9 Å². The van der Waals surface area contributed by atoms with Gasteiger partial charge in [-0.1, -0.05) is 0 Å². The van der Waals surface area contributed by atoms with E-state index in [2.05, 4.69) is 4.52 Å². The summed E-state index contributed by atoms with van der Waals surface area (Å²) >= 11 is 0. The number of phosphoric acid groups is 1. The summed E-state index contributed by atoms with van der Waals surface area (Å²) in [6.07, 6.45) is -12.1. The number of aliphatic hydroxyl groups is 5. The molecule has 0 heterocycles. The molecule has 0 amide bonds. The van der Waals surface area contributed by atoms with Crippen molar-refractivity contribution in [1.29, 1.82) is 0 Å². The number of aliphatic carboxylic acids is 1. The summed E-state index contributed by atoms with van der Waals surface area (Å²) in [5.74, 6) is -3.56. The van der Waals surface area contributed by atoms with Crippen LogP contribution in [-0.4, -0.2) is 89.3 Å². The fraction of sp³-hybridized carbons (Fsp3) is 0.778. The summed E-state index contributed by atoms with van der Waals surface area (Å²) in [6.45, 7) is -1.01. The Morgan fingerprint density at radius 2 is 1.50 bits per heavy atom. The highest BCUT2D eigenvalue weighted by atomic mass is 31.2. The Kier molecular flexibility index (Phi) is 8.25. The van der Waals surface area contributed by atoms with Crippen LogP contribution in [0.4, 0.5) is 0 Å². The van der Waals surface area contributed by atoms with Crippen LogP contribution >= 0.6 is 7.82 Å². The third-order valence-corrected chi connectivity index (χ3v) is 3.11. The van der Waals surface area contributed by atoms with Gasteiger partial charge in [-0.25, -0.2) is 9.36 Å². The van der Waals surface area contributed by atoms with Gasteiger partial charge in [-0.2, -0.15) is 0 Å². The normalized spacial score (nSPS) is 19.0. The molecule has 13 heteroatoms. The number of rotatable bonds is 10. The first-order valence-corrected chi connectivity index (χ1v) is 7.27. The minimum Gasteiger partial charge on any atom is -0.475 e. The number of ketones is 1. The van der Waals surface area contributed by atoms with E-state index < -0.39 is 63.1 Å². The summed E-state index contributed by atoms with van der Waals surface area (Å²) in [5.41, 5.74) is 0. The fourth-order valence-corrected chi connectivity index (χ4v) is 1.98. The van der Waals surface area contributed by atoms with Crippen LogP contribution in [0.2, 0.25) is 0 Å². The van der Waals surface area contributed by atoms with E-state index in [1.165, 1.54) is 0 Å². The Hall–Kier alpha value is -0.950. The van der Waals surface area contributed by atoms with Crippen LogP contribution in [0.15, 0.2) is 0 Å². The van der Waals surface area contributed by atoms with Crippen molar-refractivity contribution in [2.24, 2.45) is 0 Å². The molecule has 22 heavy (non-hydrogen) atoms. The minimum atomic E-state index is -5.27. The van der Waals surface area contributed by atoms with Gasteiger partial charge in [0.2, 0.25) is 5.78 Å². The SMILES string of the molecule is O=C(O)C(=O)C[C@H](OP(=O)(O)O)[C@@H](O)[C@@H](O)[C@H](O)[C@H](O)CO. The van der Waals surface area contributed by atoms with Crippen molar-refractivity contribution in [3.05, 3.63) is 0 Å². The first kappa shape index (κ1) is 21.0. The highest BCUT2D eigenvalue weighted by Crippen LogP contribution is 2.39. The van der Waals surface area contributed by atoms with Crippen molar-refractivity contribution in [1.82, 2.24) is 0 Å². The van der Waals surface area contributed by atoms with Gasteiger partial charge in [-0.05, 0) is 0 Å². The van der Waals surface area contributed by atoms with Crippen LogP contribution in [-0.2, 0) is 18.7 Å². The number of hydrogen-bond acceptors (Lipinski definition) is 9. The quantitative estimate of drug-likeness (QED) is 0.139. The molecule has 130 valence electrons. The van der Waals surface area contributed by atoms with Crippen molar-refractivity contribution in [3.8, 4) is 0 Å². The second-order valence-corrected chi connectivity index (χ2v) is 5.48. The van der Waals surface area contributed by atoms with Gasteiger partial charge in [0.1, 0.15) is 30.5 Å². The second-order valence-electron chi connectivity index (χ2n) is 4.29. The highest BCUT2D eigenvalue weighted by molar-refractivity contribution is 7.46. The van der Waals surface area contributed by atoms with Crippen LogP contribution < -0.4 is 0 Å². The van der Waals surface area contributed by atoms with Crippen LogP contribution in [0.1, 0.15) is 6.42 Å². The maximum Gasteiger partial charge on any atom is 0.469 e. The molecule has 0 aromatic heterocycles. The van der Waals surface area contributed by atoms with Gasteiger partial charge < -0.3 is 40.4 Å². The average Bonchev–Trinajstić information content (AvgIpc) is 2.41. The Bertz CT molecular complexity index is 432. The first-order chi connectivity index (χ1) is 9.90. The molecule has 0 bridgehead atoms. The largest absolute Gasteiger partial charge is 0.475 e. The van der Waals surface area contributed by atoms with Gasteiger partial charge in [0, 0.05) is 6.42 Å². The third-order valence-electron chi connectivity index (χ3n) is 2.56. The van der Waals surface area contributed by atoms with E-state index in [0.717, 1.165) is 0 Å². The zero-order valence-electron chi connectivity index (χ0n) is 11.0. The van der Waals surface area contributed by atoms with Gasteiger partial charge in [-0.15, -0.1) is 0 Å². The van der Waals surface area contributed by atoms with Crippen LogP contribution in [0, 0.1) is 0 Å². The van der Waals surface area contributed by atoms with E-state index in [0.29, 0.717) is 0 Å². The van der Waals surface area contributed by atoms with Gasteiger partial charge in [0.25, 0.3) is 0 Å². The molecule has 12 nitrogen and oxygen atoms in total. The van der Waals surface area contributed by atoms with Crippen molar-refractivity contribution < 1.29 is 59.1 Å². The van der Waals surface area contributed by atoms with E-state index in [-0.39, 0.29) is 0 Å². The van der Waals surface area contributed by atoms with Gasteiger partial charge in [0.05, 0.1) is 6.61 Å². The van der Waals surface area contributed by atoms with Crippen molar-refractivity contribution in [3.63, 3.8) is 0 Å². The minimum absolute atomic E-state index is 1.01. The predicted molar refractivity (Wildman–Crippen MR) is 65.3 cm³/mol. The van der Waals surface area contributed by atoms with Gasteiger partial charge in [0.15, 0.2) is 0 Å². The Labute approximate surface area is 123 Å². The number of aliphatic hydroxyl groups excluding tert-OH is 5. The first-order valence-electron chi connectivity index (χ1n) is 5.74. The molecule has 0 radical (unpaired) electrons. The number of carboxylic acid groups (broad SMARTS) is 1. The van der Waals surface area contributed by atoms with Gasteiger partial charge in [-0.3, -0.25) is 9.32 Å². The van der Waals surface area contributed by atoms with E-state index in [9.17, 15) is 29.5 Å². The molecule has 0 saturated carbocycles. The predicted octanol–water partition coefficient (Wildman–Crippen LogP) is -4.06. The second kappa shape index (κ2) is 8.62. The number of carboxylic acids is 1. The highest BCUT2D eigenvalue weighted by Gasteiger charge is 2.39. The lowest BCUT2D eigenvalue weighted by Gasteiger charge is -2.30. The molecular weight excluding hydrogens is 331 g/mol. The molecule has 0 spiro atoms. The monoisotopic (exact) mass is 348 g/mol. The smallest absolute Gasteiger partial charge is 0.469 e. The van der Waals surface area contributed by atoms with Crippen LogP contribution in [0.25, 0.3) is 0 Å². The zero-order valence-corrected chi connectivity index (χ0v) is 11.9. The molecule has 0 unspecified atom stereocenters. The zero-order chi connectivity index (χ0) is 17.7. The molecule has 0 rings (SSSR count). The van der Waals surface area contributed by atoms with E-state index in [4.69, 9.17) is 25.1 Å². The molecule has 0 aliphatic heterocycles. The number of hydrogen-bond donors (Lipinski definition) is 8. The molecule has 0 aliphatic carbocycles. The lowest BCUT2D eigenvalue weighted by atomic mass is 9.97. The maximum absolute atomic E-state index is 11.0. The standard InChI is InChI=1S/C9H17O12P/c10-2-4(12)6(13)8(15)7(14)5(21-22(18,19)20)1-3(11)9(16)17/h4-8,10,12-15H,1-2H2,(H,16,17)(H2,18,19,20)/t4-,5+,6-,7-,8+/m1/s1. The number of carbonyl (C=O) groups excluding carboxylic acids is 1. The molecule has 8 N–H and O–H groups in total. The van der Waals surface area contributed by atoms with Crippen LogP contribution in [0.5, 0.6) is 0 Å². The molecule has 0 aromatic carbocycles. The third kappa shape index (κ3) is 6.87. The van der Waals surface area contributed by atoms with Crippen LogP contribution in [0.3, 0.4) is 0 Å². The maximum atomic E-state index is 11.0. The van der Waals surface area contributed by atoms with Gasteiger partial charge >= 0.3 is 13.8 Å². The molecule has 0 saturated heterocycles. The average molecular weight is 348 g/mol. The summed E-state index contributed by atoms with van der Waals surface area (Å²) in [6, 6.07) is 0. The Balaban J connectivity index is 5.17. The Morgan fingerprint density at radius 1 is 1.00 bits per heavy atom. The van der Waals surface area contributed by atoms with E-state index in [1.54, 1.807) is 0 Å². The number of carbonyl (C=O) groups is 2. The number of phosphoric ester groups is 1. The topological polar surface area (TPSA) is 222 Å². The molecule has 0 aromatic rings. The number of Topliss-reactive ketones (excluding diaryl/α,β-unsaturated/α-hetero) is 1. The lowest BCUT2D eigenvalue weighted by Crippen LogP contribution is -2.51. The molecule has 5 atom stereocenters. The molecule has 0 fully saturated rings. The van der Waals surface area contributed by atoms with Crippen molar-refractivity contribution in [2.75, 3.05) is 6.61 Å².